The zero-order chi connectivity index (χ0) is 19.7. The van der Waals surface area contributed by atoms with Crippen LogP contribution in [-0.2, 0) is 4.79 Å². The average molecular weight is 377 g/mol. The van der Waals surface area contributed by atoms with Gasteiger partial charge in [-0.1, -0.05) is 42.5 Å². The smallest absolute Gasteiger partial charge is 0.257 e. The Morgan fingerprint density at radius 1 is 1.00 bits per heavy atom. The van der Waals surface area contributed by atoms with E-state index in [9.17, 15) is 9.59 Å². The topological polar surface area (TPSA) is 93.3 Å². The van der Waals surface area contributed by atoms with Gasteiger partial charge in [0.15, 0.2) is 11.5 Å². The first-order valence-corrected chi connectivity index (χ1v) is 8.82. The molecule has 0 saturated carbocycles. The Balaban J connectivity index is 1.89. The number of H-pyrrole nitrogens is 1. The maximum absolute atomic E-state index is 13.0. The molecule has 2 N–H and O–H groups in total. The highest BCUT2D eigenvalue weighted by Gasteiger charge is 2.33. The van der Waals surface area contributed by atoms with Crippen molar-refractivity contribution in [3.63, 3.8) is 0 Å². The lowest BCUT2D eigenvalue weighted by Gasteiger charge is -2.26. The molecule has 7 heteroatoms. The Labute approximate surface area is 161 Å². The number of carbonyl (C=O) groups excluding carboxylic acids is 1. The summed E-state index contributed by atoms with van der Waals surface area (Å²) in [6.07, 6.45) is 0.117. The molecule has 4 rings (SSSR count). The molecule has 0 saturated heterocycles. The largest absolute Gasteiger partial charge is 0.493 e. The minimum absolute atomic E-state index is 0.117. The summed E-state index contributed by atoms with van der Waals surface area (Å²) in [5, 5.41) is 2.73. The summed E-state index contributed by atoms with van der Waals surface area (Å²) in [5.74, 6) is 1.02. The van der Waals surface area contributed by atoms with Gasteiger partial charge in [-0.05, 0) is 6.07 Å². The van der Waals surface area contributed by atoms with Gasteiger partial charge in [0, 0.05) is 23.5 Å². The molecule has 1 aliphatic rings. The van der Waals surface area contributed by atoms with Crippen molar-refractivity contribution < 1.29 is 14.3 Å². The van der Waals surface area contributed by atoms with Crippen LogP contribution in [0.3, 0.4) is 0 Å². The molecule has 3 aromatic rings. The van der Waals surface area contributed by atoms with Gasteiger partial charge in [-0.3, -0.25) is 9.59 Å². The third kappa shape index (κ3) is 3.00. The maximum atomic E-state index is 13.0. The number of aromatic nitrogens is 2. The lowest BCUT2D eigenvalue weighted by Crippen LogP contribution is -2.31. The van der Waals surface area contributed by atoms with Crippen LogP contribution < -0.4 is 20.3 Å². The van der Waals surface area contributed by atoms with Crippen LogP contribution in [0.25, 0.3) is 11.4 Å². The quantitative estimate of drug-likeness (QED) is 0.729. The molecule has 1 amide bonds. The molecule has 0 aliphatic carbocycles. The summed E-state index contributed by atoms with van der Waals surface area (Å²) in [5.41, 5.74) is 1.58. The second-order valence-electron chi connectivity index (χ2n) is 6.43. The van der Waals surface area contributed by atoms with Gasteiger partial charge in [0.25, 0.3) is 5.56 Å². The average Bonchev–Trinajstić information content (AvgIpc) is 2.72. The van der Waals surface area contributed by atoms with Crippen LogP contribution in [0.15, 0.2) is 53.3 Å². The maximum Gasteiger partial charge on any atom is 0.257 e. The zero-order valence-electron chi connectivity index (χ0n) is 15.5. The van der Waals surface area contributed by atoms with E-state index in [2.05, 4.69) is 15.3 Å². The van der Waals surface area contributed by atoms with Gasteiger partial charge in [0.2, 0.25) is 5.91 Å². The third-order valence-corrected chi connectivity index (χ3v) is 4.81. The second-order valence-corrected chi connectivity index (χ2v) is 6.43. The number of nitrogens with zero attached hydrogens (tertiary/aromatic N) is 1. The number of aromatic amines is 1. The van der Waals surface area contributed by atoms with Crippen molar-refractivity contribution in [2.75, 3.05) is 19.5 Å². The number of para-hydroxylation sites is 1. The first-order chi connectivity index (χ1) is 13.6. The molecular formula is C21H19N3O4. The predicted molar refractivity (Wildman–Crippen MR) is 105 cm³/mol. The van der Waals surface area contributed by atoms with Crippen LogP contribution in [0.4, 0.5) is 5.82 Å². The summed E-state index contributed by atoms with van der Waals surface area (Å²) in [4.78, 5) is 32.7. The molecule has 0 bridgehead atoms. The Hall–Kier alpha value is -3.61. The number of ether oxygens (including phenoxy) is 2. The third-order valence-electron chi connectivity index (χ3n) is 4.81. The van der Waals surface area contributed by atoms with Crippen molar-refractivity contribution in [3.8, 4) is 22.9 Å². The normalized spacial score (nSPS) is 15.5. The minimum atomic E-state index is -0.491. The van der Waals surface area contributed by atoms with Crippen LogP contribution in [0, 0.1) is 0 Å². The summed E-state index contributed by atoms with van der Waals surface area (Å²) < 4.78 is 10.9. The van der Waals surface area contributed by atoms with E-state index in [1.807, 2.05) is 42.5 Å². The minimum Gasteiger partial charge on any atom is -0.493 e. The highest BCUT2D eigenvalue weighted by atomic mass is 16.5. The molecular weight excluding hydrogens is 358 g/mol. The Morgan fingerprint density at radius 3 is 2.50 bits per heavy atom. The van der Waals surface area contributed by atoms with Crippen molar-refractivity contribution in [1.82, 2.24) is 9.97 Å². The van der Waals surface area contributed by atoms with E-state index in [-0.39, 0.29) is 23.7 Å². The highest BCUT2D eigenvalue weighted by Crippen LogP contribution is 2.42. The van der Waals surface area contributed by atoms with Crippen LogP contribution in [-0.4, -0.2) is 30.1 Å². The zero-order valence-corrected chi connectivity index (χ0v) is 15.5. The molecule has 0 spiro atoms. The fourth-order valence-corrected chi connectivity index (χ4v) is 3.56. The van der Waals surface area contributed by atoms with E-state index in [0.717, 1.165) is 5.56 Å². The lowest BCUT2D eigenvalue weighted by molar-refractivity contribution is -0.116. The standard InChI is InChI=1S/C21H19N3O4/c1-27-15-10-6-9-13(18(15)28-2)14-11-16(25)22-20-17(14)21(26)24-19(23-20)12-7-4-3-5-8-12/h3-10,14H,11H2,1-2H3,(H2,22,23,24,25,26). The summed E-state index contributed by atoms with van der Waals surface area (Å²) in [6, 6.07) is 14.7. The van der Waals surface area contributed by atoms with E-state index < -0.39 is 5.92 Å². The molecule has 2 heterocycles. The molecule has 28 heavy (non-hydrogen) atoms. The van der Waals surface area contributed by atoms with E-state index in [0.29, 0.717) is 28.5 Å². The first-order valence-electron chi connectivity index (χ1n) is 8.82. The molecule has 2 aromatic carbocycles. The van der Waals surface area contributed by atoms with Gasteiger partial charge in [-0.15, -0.1) is 0 Å². The van der Waals surface area contributed by atoms with Gasteiger partial charge in [-0.2, -0.15) is 0 Å². The number of carbonyl (C=O) groups is 1. The van der Waals surface area contributed by atoms with Gasteiger partial charge in [-0.25, -0.2) is 4.98 Å². The number of nitrogens with one attached hydrogen (secondary N) is 2. The monoisotopic (exact) mass is 377 g/mol. The molecule has 0 radical (unpaired) electrons. The molecule has 7 nitrogen and oxygen atoms in total. The highest BCUT2D eigenvalue weighted by molar-refractivity contribution is 5.94. The molecule has 1 atom stereocenters. The van der Waals surface area contributed by atoms with Crippen LogP contribution in [0.2, 0.25) is 0 Å². The number of anilines is 1. The van der Waals surface area contributed by atoms with Crippen LogP contribution >= 0.6 is 0 Å². The lowest BCUT2D eigenvalue weighted by atomic mass is 9.86. The Bertz CT molecular complexity index is 1090. The number of benzene rings is 2. The Kier molecular flexibility index (Phi) is 4.57. The summed E-state index contributed by atoms with van der Waals surface area (Å²) >= 11 is 0. The Morgan fingerprint density at radius 2 is 1.79 bits per heavy atom. The van der Waals surface area contributed by atoms with E-state index in [4.69, 9.17) is 9.47 Å². The van der Waals surface area contributed by atoms with Crippen molar-refractivity contribution in [1.29, 1.82) is 0 Å². The van der Waals surface area contributed by atoms with Crippen molar-refractivity contribution >= 4 is 11.7 Å². The fraction of sp³-hybridized carbons (Fsp3) is 0.190. The van der Waals surface area contributed by atoms with E-state index in [1.54, 1.807) is 13.2 Å². The molecule has 0 fully saturated rings. The number of fused-ring (bicyclic) bond motifs is 1. The molecule has 1 aromatic heterocycles. The number of amides is 1. The van der Waals surface area contributed by atoms with Gasteiger partial charge >= 0.3 is 0 Å². The van der Waals surface area contributed by atoms with Gasteiger partial charge in [0.1, 0.15) is 11.6 Å². The first kappa shape index (κ1) is 17.8. The number of rotatable bonds is 4. The summed E-state index contributed by atoms with van der Waals surface area (Å²) in [6.45, 7) is 0. The van der Waals surface area contributed by atoms with Gasteiger partial charge < -0.3 is 19.8 Å². The number of hydrogen-bond donors (Lipinski definition) is 2. The van der Waals surface area contributed by atoms with E-state index in [1.165, 1.54) is 7.11 Å². The van der Waals surface area contributed by atoms with Crippen molar-refractivity contribution in [3.05, 3.63) is 70.0 Å². The number of hydrogen-bond acceptors (Lipinski definition) is 5. The molecule has 1 unspecified atom stereocenters. The second kappa shape index (κ2) is 7.19. The fourth-order valence-electron chi connectivity index (χ4n) is 3.56. The molecule has 142 valence electrons. The van der Waals surface area contributed by atoms with E-state index >= 15 is 0 Å². The van der Waals surface area contributed by atoms with Crippen molar-refractivity contribution in [2.24, 2.45) is 0 Å². The SMILES string of the molecule is COc1cccc(C2CC(=O)Nc3nc(-c4ccccc4)[nH]c(=O)c32)c1OC. The number of methoxy groups -OCH3 is 2. The van der Waals surface area contributed by atoms with Crippen LogP contribution in [0.5, 0.6) is 11.5 Å². The summed E-state index contributed by atoms with van der Waals surface area (Å²) in [7, 11) is 3.08. The van der Waals surface area contributed by atoms with Crippen LogP contribution in [0.1, 0.15) is 23.5 Å². The predicted octanol–water partition coefficient (Wildman–Crippen LogP) is 2.93. The van der Waals surface area contributed by atoms with Crippen molar-refractivity contribution in [2.45, 2.75) is 12.3 Å². The van der Waals surface area contributed by atoms with Gasteiger partial charge in [0.05, 0.1) is 19.8 Å². The molecule has 1 aliphatic heterocycles.